The van der Waals surface area contributed by atoms with Gasteiger partial charge >= 0.3 is 5.97 Å². The number of carbonyl (C=O) groups excluding carboxylic acids is 1. The zero-order chi connectivity index (χ0) is 10.5. The molecule has 0 bridgehead atoms. The first-order valence-corrected chi connectivity index (χ1v) is 7.57. The van der Waals surface area contributed by atoms with E-state index in [0.717, 1.165) is 6.04 Å². The van der Waals surface area contributed by atoms with E-state index in [0.29, 0.717) is 0 Å². The van der Waals surface area contributed by atoms with Gasteiger partial charge in [-0.05, 0) is 13.0 Å². The van der Waals surface area contributed by atoms with Crippen LogP contribution in [0.25, 0.3) is 0 Å². The maximum absolute atomic E-state index is 10.8. The summed E-state index contributed by atoms with van der Waals surface area (Å²) in [6.45, 7) is 10.3. The molecule has 0 saturated heterocycles. The Hall–Kier alpha value is -0.833. The lowest BCUT2D eigenvalue weighted by Crippen LogP contribution is -2.22. The van der Waals surface area contributed by atoms with E-state index >= 15 is 0 Å². The maximum Gasteiger partial charge on any atom is 0.329 e. The number of rotatable bonds is 4. The molecule has 3 heteroatoms. The largest absolute Gasteiger partial charge is 0.466 e. The van der Waals surface area contributed by atoms with Crippen molar-refractivity contribution < 1.29 is 9.53 Å². The number of esters is 1. The summed E-state index contributed by atoms with van der Waals surface area (Å²) >= 11 is 0. The van der Waals surface area contributed by atoms with Crippen LogP contribution in [-0.4, -0.2) is 21.2 Å². The van der Waals surface area contributed by atoms with E-state index in [2.05, 4.69) is 24.4 Å². The van der Waals surface area contributed by atoms with E-state index in [1.165, 1.54) is 18.8 Å². The predicted octanol–water partition coefficient (Wildman–Crippen LogP) is 2.54. The van der Waals surface area contributed by atoms with E-state index in [1.54, 1.807) is 0 Å². The van der Waals surface area contributed by atoms with Crippen molar-refractivity contribution >= 4 is 14.0 Å². The molecule has 0 aliphatic heterocycles. The molecule has 0 aliphatic carbocycles. The number of methoxy groups -OCH3 is 1. The molecule has 0 N–H and O–H groups in total. The quantitative estimate of drug-likeness (QED) is 0.300. The first kappa shape index (κ1) is 12.2. The molecule has 0 spiro atoms. The first-order chi connectivity index (χ1) is 5.87. The lowest BCUT2D eigenvalue weighted by molar-refractivity contribution is -0.134. The van der Waals surface area contributed by atoms with Crippen LogP contribution in [0.2, 0.25) is 19.1 Å². The van der Waals surface area contributed by atoms with E-state index in [4.69, 9.17) is 0 Å². The van der Waals surface area contributed by atoms with Crippen LogP contribution in [0.4, 0.5) is 0 Å². The van der Waals surface area contributed by atoms with Crippen LogP contribution in [0.3, 0.4) is 0 Å². The third-order valence-corrected chi connectivity index (χ3v) is 4.21. The summed E-state index contributed by atoms with van der Waals surface area (Å²) < 4.78 is 4.52. The van der Waals surface area contributed by atoms with Crippen LogP contribution in [-0.2, 0) is 9.53 Å². The summed E-state index contributed by atoms with van der Waals surface area (Å²) in [5.41, 5.74) is 3.17. The van der Waals surface area contributed by atoms with Crippen molar-refractivity contribution in [2.75, 3.05) is 7.11 Å². The highest BCUT2D eigenvalue weighted by atomic mass is 28.3. The molecule has 0 unspecified atom stereocenters. The van der Waals surface area contributed by atoms with Crippen molar-refractivity contribution in [1.29, 1.82) is 0 Å². The number of hydrogen-bond acceptors (Lipinski definition) is 2. The van der Waals surface area contributed by atoms with Gasteiger partial charge in [-0.25, -0.2) is 4.79 Å². The fraction of sp³-hybridized carbons (Fsp3) is 0.500. The van der Waals surface area contributed by atoms with Crippen molar-refractivity contribution in [2.24, 2.45) is 0 Å². The molecule has 0 saturated carbocycles. The minimum absolute atomic E-state index is 0.276. The van der Waals surface area contributed by atoms with E-state index in [1.807, 2.05) is 12.6 Å². The van der Waals surface area contributed by atoms with Crippen molar-refractivity contribution in [3.05, 3.63) is 23.9 Å². The summed E-state index contributed by atoms with van der Waals surface area (Å²) in [6.07, 6.45) is 1.52. The van der Waals surface area contributed by atoms with Crippen molar-refractivity contribution in [3.8, 4) is 0 Å². The SMILES string of the molecule is C=C(C)C[Si](C)(C)/C=C/C(=O)OC. The first-order valence-electron chi connectivity index (χ1n) is 4.29. The Kier molecular flexibility index (Phi) is 4.70. The highest BCUT2D eigenvalue weighted by Crippen LogP contribution is 2.15. The Morgan fingerprint density at radius 1 is 1.54 bits per heavy atom. The van der Waals surface area contributed by atoms with Gasteiger partial charge in [0.15, 0.2) is 0 Å². The number of allylic oxidation sites excluding steroid dienone is 1. The molecule has 0 amide bonds. The summed E-state index contributed by atoms with van der Waals surface area (Å²) in [6, 6.07) is 1.01. The van der Waals surface area contributed by atoms with Crippen LogP contribution in [0.1, 0.15) is 6.92 Å². The molecule has 0 heterocycles. The summed E-state index contributed by atoms with van der Waals surface area (Å²) in [5, 5.41) is 0. The normalized spacial score (nSPS) is 11.7. The van der Waals surface area contributed by atoms with Crippen LogP contribution >= 0.6 is 0 Å². The number of ether oxygens (including phenoxy) is 1. The Labute approximate surface area is 81.3 Å². The molecular formula is C10H18O2Si. The third kappa shape index (κ3) is 6.34. The molecule has 0 fully saturated rings. The lowest BCUT2D eigenvalue weighted by Gasteiger charge is -2.16. The molecule has 0 atom stereocenters. The second-order valence-electron chi connectivity index (χ2n) is 3.98. The zero-order valence-corrected chi connectivity index (χ0v) is 9.89. The van der Waals surface area contributed by atoms with Gasteiger partial charge in [0.2, 0.25) is 0 Å². The minimum atomic E-state index is -1.43. The van der Waals surface area contributed by atoms with E-state index in [9.17, 15) is 4.79 Å². The molecule has 13 heavy (non-hydrogen) atoms. The minimum Gasteiger partial charge on any atom is -0.466 e. The van der Waals surface area contributed by atoms with Crippen LogP contribution in [0, 0.1) is 0 Å². The molecule has 0 aromatic carbocycles. The third-order valence-electron chi connectivity index (χ3n) is 1.63. The van der Waals surface area contributed by atoms with Gasteiger partial charge in [0.05, 0.1) is 15.2 Å². The Bertz CT molecular complexity index is 229. The lowest BCUT2D eigenvalue weighted by atomic mass is 10.4. The average molecular weight is 198 g/mol. The molecule has 2 nitrogen and oxygen atoms in total. The monoisotopic (exact) mass is 198 g/mol. The molecule has 0 aromatic heterocycles. The molecule has 0 rings (SSSR count). The molecule has 0 aliphatic rings. The molecule has 0 aromatic rings. The molecular weight excluding hydrogens is 180 g/mol. The fourth-order valence-electron chi connectivity index (χ4n) is 1.20. The number of hydrogen-bond donors (Lipinski definition) is 0. The van der Waals surface area contributed by atoms with Crippen LogP contribution in [0.15, 0.2) is 23.9 Å². The molecule has 0 radical (unpaired) electrons. The van der Waals surface area contributed by atoms with Gasteiger partial charge in [0.25, 0.3) is 0 Å². The van der Waals surface area contributed by atoms with Gasteiger partial charge in [-0.1, -0.05) is 24.4 Å². The zero-order valence-electron chi connectivity index (χ0n) is 8.89. The smallest absolute Gasteiger partial charge is 0.329 e. The van der Waals surface area contributed by atoms with Crippen molar-refractivity contribution in [1.82, 2.24) is 0 Å². The van der Waals surface area contributed by atoms with Gasteiger partial charge in [-0.2, -0.15) is 0 Å². The van der Waals surface area contributed by atoms with Gasteiger partial charge in [-0.15, -0.1) is 6.58 Å². The Morgan fingerprint density at radius 3 is 2.46 bits per heavy atom. The van der Waals surface area contributed by atoms with Gasteiger partial charge < -0.3 is 4.74 Å². The highest BCUT2D eigenvalue weighted by molar-refractivity contribution is 6.82. The summed E-state index contributed by atoms with van der Waals surface area (Å²) in [4.78, 5) is 10.8. The van der Waals surface area contributed by atoms with Crippen LogP contribution < -0.4 is 0 Å². The van der Waals surface area contributed by atoms with E-state index < -0.39 is 8.07 Å². The van der Waals surface area contributed by atoms with Gasteiger partial charge in [0, 0.05) is 6.08 Å². The van der Waals surface area contributed by atoms with Crippen LogP contribution in [0.5, 0.6) is 0 Å². The predicted molar refractivity (Wildman–Crippen MR) is 58.3 cm³/mol. The second kappa shape index (κ2) is 5.02. The average Bonchev–Trinajstić information content (AvgIpc) is 1.98. The molecule has 74 valence electrons. The topological polar surface area (TPSA) is 26.3 Å². The second-order valence-corrected chi connectivity index (χ2v) is 8.64. The summed E-state index contributed by atoms with van der Waals surface area (Å²) in [5.74, 6) is -0.276. The summed E-state index contributed by atoms with van der Waals surface area (Å²) in [7, 11) is -0.0375. The van der Waals surface area contributed by atoms with Gasteiger partial charge in [-0.3, -0.25) is 0 Å². The maximum atomic E-state index is 10.8. The number of carbonyl (C=O) groups is 1. The Balaban J connectivity index is 4.23. The highest BCUT2D eigenvalue weighted by Gasteiger charge is 2.16. The Morgan fingerprint density at radius 2 is 2.08 bits per heavy atom. The van der Waals surface area contributed by atoms with E-state index in [-0.39, 0.29) is 5.97 Å². The fourth-order valence-corrected chi connectivity index (χ4v) is 3.46. The van der Waals surface area contributed by atoms with Crippen molar-refractivity contribution in [3.63, 3.8) is 0 Å². The standard InChI is InChI=1S/C10H18O2Si/c1-9(2)8-13(4,5)7-6-10(11)12-3/h6-7H,1,8H2,2-5H3/b7-6+. The van der Waals surface area contributed by atoms with Crippen molar-refractivity contribution in [2.45, 2.75) is 26.1 Å². The van der Waals surface area contributed by atoms with Gasteiger partial charge in [0.1, 0.15) is 0 Å².